The van der Waals surface area contributed by atoms with Crippen molar-refractivity contribution < 1.29 is 9.47 Å². The van der Waals surface area contributed by atoms with Gasteiger partial charge in [-0.25, -0.2) is 0 Å². The highest BCUT2D eigenvalue weighted by molar-refractivity contribution is 4.84. The van der Waals surface area contributed by atoms with E-state index in [4.69, 9.17) is 15.2 Å². The van der Waals surface area contributed by atoms with Crippen molar-refractivity contribution in [2.45, 2.75) is 32.4 Å². The normalized spacial score (nSPS) is 27.2. The lowest BCUT2D eigenvalue weighted by Crippen LogP contribution is -2.54. The van der Waals surface area contributed by atoms with Crippen LogP contribution in [0.2, 0.25) is 0 Å². The molecular weight excluding hydrogens is 192 g/mol. The molecule has 0 bridgehead atoms. The van der Waals surface area contributed by atoms with Crippen molar-refractivity contribution in [1.82, 2.24) is 4.90 Å². The lowest BCUT2D eigenvalue weighted by molar-refractivity contribution is -0.00278. The summed E-state index contributed by atoms with van der Waals surface area (Å²) in [4.78, 5) is 2.36. The second-order valence-electron chi connectivity index (χ2n) is 3.92. The molecule has 2 unspecified atom stereocenters. The van der Waals surface area contributed by atoms with Crippen LogP contribution in [0, 0.1) is 0 Å². The second-order valence-corrected chi connectivity index (χ2v) is 3.92. The van der Waals surface area contributed by atoms with Crippen LogP contribution < -0.4 is 5.73 Å². The number of nitrogens with two attached hydrogens (primary N) is 1. The van der Waals surface area contributed by atoms with Gasteiger partial charge in [-0.15, -0.1) is 0 Å². The maximum atomic E-state index is 6.10. The monoisotopic (exact) mass is 216 g/mol. The molecule has 1 aliphatic heterocycles. The third-order valence-corrected chi connectivity index (χ3v) is 2.98. The van der Waals surface area contributed by atoms with E-state index in [0.29, 0.717) is 6.04 Å². The van der Waals surface area contributed by atoms with Gasteiger partial charge in [0, 0.05) is 31.8 Å². The summed E-state index contributed by atoms with van der Waals surface area (Å²) in [5.41, 5.74) is 6.10. The quantitative estimate of drug-likeness (QED) is 0.655. The number of nitrogens with zero attached hydrogens (tertiary/aromatic N) is 1. The van der Waals surface area contributed by atoms with Gasteiger partial charge in [-0.05, 0) is 19.9 Å². The van der Waals surface area contributed by atoms with Crippen molar-refractivity contribution in [3.05, 3.63) is 0 Å². The summed E-state index contributed by atoms with van der Waals surface area (Å²) in [6.07, 6.45) is 0.968. The minimum Gasteiger partial charge on any atom is -0.380 e. The summed E-state index contributed by atoms with van der Waals surface area (Å²) in [6, 6.07) is 0.615. The van der Waals surface area contributed by atoms with E-state index in [1.807, 2.05) is 6.92 Å². The Balaban J connectivity index is 2.34. The van der Waals surface area contributed by atoms with Crippen molar-refractivity contribution in [1.29, 1.82) is 0 Å². The minimum absolute atomic E-state index is 0.250. The standard InChI is InChI=1S/C11H24N2O2/c1-3-13(6-8-14-4-2)11-9-15-7-5-10(11)12/h10-11H,3-9,12H2,1-2H3. The Hall–Kier alpha value is -0.160. The van der Waals surface area contributed by atoms with Crippen LogP contribution in [0.15, 0.2) is 0 Å². The molecule has 0 aliphatic carbocycles. The first-order chi connectivity index (χ1) is 7.29. The molecule has 2 N–H and O–H groups in total. The molecule has 90 valence electrons. The number of hydrogen-bond donors (Lipinski definition) is 1. The second kappa shape index (κ2) is 7.17. The first kappa shape index (κ1) is 12.9. The molecule has 1 saturated heterocycles. The lowest BCUT2D eigenvalue weighted by Gasteiger charge is -2.37. The smallest absolute Gasteiger partial charge is 0.0636 e. The Labute approximate surface area is 92.7 Å². The van der Waals surface area contributed by atoms with E-state index < -0.39 is 0 Å². The molecule has 0 spiro atoms. The van der Waals surface area contributed by atoms with E-state index in [9.17, 15) is 0 Å². The van der Waals surface area contributed by atoms with Gasteiger partial charge < -0.3 is 15.2 Å². The SMILES string of the molecule is CCOCCN(CC)C1COCCC1N. The molecule has 2 atom stereocenters. The van der Waals surface area contributed by atoms with Crippen LogP contribution in [0.4, 0.5) is 0 Å². The lowest BCUT2D eigenvalue weighted by atomic mass is 10.0. The fourth-order valence-corrected chi connectivity index (χ4v) is 2.00. The average molecular weight is 216 g/mol. The number of hydrogen-bond acceptors (Lipinski definition) is 4. The molecule has 0 amide bonds. The number of ether oxygens (including phenoxy) is 2. The Morgan fingerprint density at radius 2 is 2.27 bits per heavy atom. The predicted molar refractivity (Wildman–Crippen MR) is 60.9 cm³/mol. The molecule has 0 aromatic heterocycles. The molecule has 1 rings (SSSR count). The molecule has 4 heteroatoms. The predicted octanol–water partition coefficient (Wildman–Crippen LogP) is 0.461. The van der Waals surface area contributed by atoms with Gasteiger partial charge in [0.2, 0.25) is 0 Å². The zero-order chi connectivity index (χ0) is 11.1. The van der Waals surface area contributed by atoms with Crippen LogP contribution in [0.5, 0.6) is 0 Å². The summed E-state index contributed by atoms with van der Waals surface area (Å²) in [7, 11) is 0. The van der Waals surface area contributed by atoms with Gasteiger partial charge in [-0.2, -0.15) is 0 Å². The van der Waals surface area contributed by atoms with Gasteiger partial charge in [-0.1, -0.05) is 6.92 Å². The van der Waals surface area contributed by atoms with E-state index >= 15 is 0 Å². The largest absolute Gasteiger partial charge is 0.380 e. The summed E-state index contributed by atoms with van der Waals surface area (Å²) in [5.74, 6) is 0. The minimum atomic E-state index is 0.250. The van der Waals surface area contributed by atoms with Gasteiger partial charge in [-0.3, -0.25) is 4.90 Å². The number of rotatable bonds is 6. The topological polar surface area (TPSA) is 47.7 Å². The Morgan fingerprint density at radius 1 is 1.47 bits per heavy atom. The van der Waals surface area contributed by atoms with Crippen molar-refractivity contribution in [2.75, 3.05) is 39.5 Å². The first-order valence-electron chi connectivity index (χ1n) is 5.94. The Kier molecular flexibility index (Phi) is 6.17. The molecular formula is C11H24N2O2. The maximum absolute atomic E-state index is 6.10. The highest BCUT2D eigenvalue weighted by atomic mass is 16.5. The molecule has 1 fully saturated rings. The van der Waals surface area contributed by atoms with Gasteiger partial charge >= 0.3 is 0 Å². The van der Waals surface area contributed by atoms with Crippen molar-refractivity contribution >= 4 is 0 Å². The molecule has 1 aliphatic rings. The molecule has 0 aromatic carbocycles. The fraction of sp³-hybridized carbons (Fsp3) is 1.00. The fourth-order valence-electron chi connectivity index (χ4n) is 2.00. The first-order valence-corrected chi connectivity index (χ1v) is 5.94. The van der Waals surface area contributed by atoms with Crippen LogP contribution in [-0.4, -0.2) is 56.5 Å². The van der Waals surface area contributed by atoms with Crippen molar-refractivity contribution in [2.24, 2.45) is 5.73 Å². The van der Waals surface area contributed by atoms with E-state index in [1.54, 1.807) is 0 Å². The highest BCUT2D eigenvalue weighted by Gasteiger charge is 2.26. The van der Waals surface area contributed by atoms with Crippen LogP contribution in [0.3, 0.4) is 0 Å². The van der Waals surface area contributed by atoms with Gasteiger partial charge in [0.15, 0.2) is 0 Å². The Bertz CT molecular complexity index is 167. The van der Waals surface area contributed by atoms with Crippen molar-refractivity contribution in [3.63, 3.8) is 0 Å². The Morgan fingerprint density at radius 3 is 2.87 bits per heavy atom. The number of likely N-dealkylation sites (N-methyl/N-ethyl adjacent to an activating group) is 1. The highest BCUT2D eigenvalue weighted by Crippen LogP contribution is 2.12. The molecule has 0 radical (unpaired) electrons. The van der Waals surface area contributed by atoms with Crippen LogP contribution in [-0.2, 0) is 9.47 Å². The van der Waals surface area contributed by atoms with Gasteiger partial charge in [0.05, 0.1) is 13.2 Å². The van der Waals surface area contributed by atoms with E-state index in [-0.39, 0.29) is 6.04 Å². The van der Waals surface area contributed by atoms with Gasteiger partial charge in [0.1, 0.15) is 0 Å². The third kappa shape index (κ3) is 4.07. The van der Waals surface area contributed by atoms with Crippen molar-refractivity contribution in [3.8, 4) is 0 Å². The van der Waals surface area contributed by atoms with Crippen LogP contribution in [0.1, 0.15) is 20.3 Å². The molecule has 0 saturated carbocycles. The van der Waals surface area contributed by atoms with Gasteiger partial charge in [0.25, 0.3) is 0 Å². The maximum Gasteiger partial charge on any atom is 0.0636 e. The average Bonchev–Trinajstić information content (AvgIpc) is 2.26. The zero-order valence-electron chi connectivity index (χ0n) is 9.95. The zero-order valence-corrected chi connectivity index (χ0v) is 9.95. The molecule has 15 heavy (non-hydrogen) atoms. The van der Waals surface area contributed by atoms with Crippen LogP contribution in [0.25, 0.3) is 0 Å². The summed E-state index contributed by atoms with van der Waals surface area (Å²) in [5, 5.41) is 0. The van der Waals surface area contributed by atoms with E-state index in [0.717, 1.165) is 45.9 Å². The van der Waals surface area contributed by atoms with Crippen LogP contribution >= 0.6 is 0 Å². The van der Waals surface area contributed by atoms with E-state index in [2.05, 4.69) is 11.8 Å². The third-order valence-electron chi connectivity index (χ3n) is 2.98. The van der Waals surface area contributed by atoms with E-state index in [1.165, 1.54) is 0 Å². The summed E-state index contributed by atoms with van der Waals surface area (Å²) in [6.45, 7) is 9.28. The molecule has 1 heterocycles. The molecule has 0 aromatic rings. The summed E-state index contributed by atoms with van der Waals surface area (Å²) < 4.78 is 10.8. The summed E-state index contributed by atoms with van der Waals surface area (Å²) >= 11 is 0. The molecule has 4 nitrogen and oxygen atoms in total.